The number of aromatic nitrogens is 2. The second-order valence-electron chi connectivity index (χ2n) is 5.71. The second-order valence-corrected chi connectivity index (χ2v) is 5.71. The van der Waals surface area contributed by atoms with Gasteiger partial charge in [0.25, 0.3) is 5.54 Å². The van der Waals surface area contributed by atoms with Crippen LogP contribution in [-0.4, -0.2) is 36.1 Å². The normalized spacial score (nSPS) is 25.9. The zero-order valence-corrected chi connectivity index (χ0v) is 11.8. The summed E-state index contributed by atoms with van der Waals surface area (Å²) in [6.45, 7) is 13.2. The van der Waals surface area contributed by atoms with E-state index in [-0.39, 0.29) is 5.95 Å². The molecule has 1 aromatic heterocycles. The minimum Gasteiger partial charge on any atom is -0.368 e. The molecule has 6 nitrogen and oxygen atoms in total. The molecule has 3 rings (SSSR count). The number of rotatable bonds is 1. The van der Waals surface area contributed by atoms with Crippen LogP contribution in [0.1, 0.15) is 31.0 Å². The summed E-state index contributed by atoms with van der Waals surface area (Å²) in [5, 5.41) is 3.34. The van der Waals surface area contributed by atoms with E-state index >= 15 is 0 Å². The van der Waals surface area contributed by atoms with Crippen molar-refractivity contribution >= 4 is 11.8 Å². The Morgan fingerprint density at radius 2 is 2.10 bits per heavy atom. The number of hydrogen-bond donors (Lipinski definition) is 2. The predicted molar refractivity (Wildman–Crippen MR) is 78.4 cm³/mol. The molecule has 106 valence electrons. The molecule has 1 aliphatic heterocycles. The molecule has 2 aliphatic rings. The maximum Gasteiger partial charge on any atom is 0.271 e. The van der Waals surface area contributed by atoms with Gasteiger partial charge in [0.1, 0.15) is 11.5 Å². The second kappa shape index (κ2) is 4.91. The van der Waals surface area contributed by atoms with Crippen LogP contribution >= 0.6 is 0 Å². The van der Waals surface area contributed by atoms with Crippen molar-refractivity contribution in [3.05, 3.63) is 22.7 Å². The lowest BCUT2D eigenvalue weighted by Crippen LogP contribution is -2.45. The summed E-state index contributed by atoms with van der Waals surface area (Å²) in [5.41, 5.74) is 7.33. The molecule has 1 fully saturated rings. The van der Waals surface area contributed by atoms with Crippen molar-refractivity contribution in [2.45, 2.75) is 31.7 Å². The highest BCUT2D eigenvalue weighted by Gasteiger charge is 2.42. The number of fused-ring (bicyclic) bond motifs is 1. The van der Waals surface area contributed by atoms with Gasteiger partial charge >= 0.3 is 0 Å². The van der Waals surface area contributed by atoms with Crippen molar-refractivity contribution < 1.29 is 0 Å². The van der Waals surface area contributed by atoms with Crippen molar-refractivity contribution in [2.24, 2.45) is 0 Å². The summed E-state index contributed by atoms with van der Waals surface area (Å²) >= 11 is 0. The lowest BCUT2D eigenvalue weighted by molar-refractivity contribution is 0.459. The van der Waals surface area contributed by atoms with Crippen molar-refractivity contribution in [3.63, 3.8) is 0 Å². The van der Waals surface area contributed by atoms with Gasteiger partial charge < -0.3 is 20.8 Å². The van der Waals surface area contributed by atoms with E-state index in [1.54, 1.807) is 0 Å². The number of hydrogen-bond acceptors (Lipinski definition) is 5. The van der Waals surface area contributed by atoms with Crippen molar-refractivity contribution in [1.82, 2.24) is 15.3 Å². The van der Waals surface area contributed by atoms with E-state index < -0.39 is 5.54 Å². The van der Waals surface area contributed by atoms with Crippen LogP contribution in [0.25, 0.3) is 4.85 Å². The number of nitrogens with one attached hydrogen (secondary N) is 1. The molecule has 0 spiro atoms. The van der Waals surface area contributed by atoms with Crippen LogP contribution in [0.4, 0.5) is 11.8 Å². The molecule has 1 saturated heterocycles. The van der Waals surface area contributed by atoms with Crippen LogP contribution in [0.15, 0.2) is 0 Å². The first-order valence-corrected chi connectivity index (χ1v) is 7.15. The Hall–Kier alpha value is -1.87. The van der Waals surface area contributed by atoms with E-state index in [1.807, 2.05) is 6.92 Å². The Morgan fingerprint density at radius 3 is 2.80 bits per heavy atom. The number of anilines is 2. The number of nitrogen functional groups attached to an aromatic ring is 1. The van der Waals surface area contributed by atoms with Crippen LogP contribution < -0.4 is 16.0 Å². The molecule has 20 heavy (non-hydrogen) atoms. The van der Waals surface area contributed by atoms with E-state index in [2.05, 4.69) is 25.0 Å². The quantitative estimate of drug-likeness (QED) is 0.744. The smallest absolute Gasteiger partial charge is 0.271 e. The molecule has 0 aromatic carbocycles. The fourth-order valence-electron chi connectivity index (χ4n) is 3.14. The van der Waals surface area contributed by atoms with E-state index in [1.165, 1.54) is 0 Å². The van der Waals surface area contributed by atoms with Gasteiger partial charge in [-0.3, -0.25) is 0 Å². The lowest BCUT2D eigenvalue weighted by atomic mass is 9.82. The Bertz CT molecular complexity index is 558. The van der Waals surface area contributed by atoms with E-state index in [0.717, 1.165) is 62.5 Å². The summed E-state index contributed by atoms with van der Waals surface area (Å²) in [6, 6.07) is 0. The minimum atomic E-state index is -0.548. The zero-order chi connectivity index (χ0) is 14.2. The number of nitrogens with two attached hydrogens (primary N) is 1. The molecule has 0 bridgehead atoms. The van der Waals surface area contributed by atoms with Gasteiger partial charge in [-0.05, 0) is 12.8 Å². The third-order valence-corrected chi connectivity index (χ3v) is 4.27. The lowest BCUT2D eigenvalue weighted by Gasteiger charge is -2.33. The van der Waals surface area contributed by atoms with E-state index in [0.29, 0.717) is 0 Å². The average Bonchev–Trinajstić information content (AvgIpc) is 2.48. The van der Waals surface area contributed by atoms with Crippen LogP contribution in [0, 0.1) is 6.57 Å². The topological polar surface area (TPSA) is 71.4 Å². The molecule has 1 aromatic rings. The first-order chi connectivity index (χ1) is 9.64. The molecule has 3 N–H and O–H groups in total. The van der Waals surface area contributed by atoms with Gasteiger partial charge in [-0.2, -0.15) is 4.98 Å². The zero-order valence-electron chi connectivity index (χ0n) is 11.8. The summed E-state index contributed by atoms with van der Waals surface area (Å²) in [7, 11) is 0. The summed E-state index contributed by atoms with van der Waals surface area (Å²) < 4.78 is 0. The van der Waals surface area contributed by atoms with Gasteiger partial charge in [0.05, 0.1) is 0 Å². The van der Waals surface area contributed by atoms with Gasteiger partial charge in [0, 0.05) is 45.1 Å². The van der Waals surface area contributed by atoms with E-state index in [4.69, 9.17) is 12.3 Å². The highest BCUT2D eigenvalue weighted by molar-refractivity contribution is 5.55. The van der Waals surface area contributed by atoms with Crippen LogP contribution in [0.5, 0.6) is 0 Å². The largest absolute Gasteiger partial charge is 0.368 e. The molecule has 1 atom stereocenters. The van der Waals surface area contributed by atoms with Gasteiger partial charge in [0.15, 0.2) is 0 Å². The first-order valence-electron chi connectivity index (χ1n) is 7.15. The monoisotopic (exact) mass is 272 g/mol. The molecule has 1 unspecified atom stereocenters. The maximum absolute atomic E-state index is 7.51. The molecule has 0 radical (unpaired) electrons. The molecular formula is C14H20N6. The Balaban J connectivity index is 2.10. The van der Waals surface area contributed by atoms with Crippen molar-refractivity contribution in [1.29, 1.82) is 0 Å². The minimum absolute atomic E-state index is 0.286. The van der Waals surface area contributed by atoms with Gasteiger partial charge in [-0.25, -0.2) is 11.6 Å². The van der Waals surface area contributed by atoms with Crippen LogP contribution in [0.3, 0.4) is 0 Å². The van der Waals surface area contributed by atoms with Crippen molar-refractivity contribution in [3.8, 4) is 0 Å². The highest BCUT2D eigenvalue weighted by atomic mass is 15.3. The number of nitrogens with zero attached hydrogens (tertiary/aromatic N) is 4. The van der Waals surface area contributed by atoms with E-state index in [9.17, 15) is 0 Å². The maximum atomic E-state index is 7.51. The Kier molecular flexibility index (Phi) is 3.22. The fourth-order valence-corrected chi connectivity index (χ4v) is 3.14. The number of piperazine rings is 1. The molecular weight excluding hydrogens is 252 g/mol. The van der Waals surface area contributed by atoms with Gasteiger partial charge in [0.2, 0.25) is 5.95 Å². The Labute approximate surface area is 119 Å². The average molecular weight is 272 g/mol. The summed E-state index contributed by atoms with van der Waals surface area (Å²) in [5.74, 6) is 1.23. The van der Waals surface area contributed by atoms with Crippen LogP contribution in [0.2, 0.25) is 0 Å². The molecule has 6 heteroatoms. The first kappa shape index (κ1) is 13.1. The molecule has 2 heterocycles. The van der Waals surface area contributed by atoms with Crippen LogP contribution in [-0.2, 0) is 12.0 Å². The summed E-state index contributed by atoms with van der Waals surface area (Å²) in [6.07, 6.45) is 2.80. The third-order valence-electron chi connectivity index (χ3n) is 4.27. The molecule has 1 aliphatic carbocycles. The van der Waals surface area contributed by atoms with Crippen molar-refractivity contribution in [2.75, 3.05) is 36.8 Å². The molecule has 0 amide bonds. The fraction of sp³-hybridized carbons (Fsp3) is 0.643. The SMILES string of the molecule is [C-]#[N+]C1(C)CCCc2c(N3CCNCC3)nc(N)nc21. The predicted octanol–water partition coefficient (Wildman–Crippen LogP) is 0.939. The highest BCUT2D eigenvalue weighted by Crippen LogP contribution is 2.40. The van der Waals surface area contributed by atoms with Gasteiger partial charge in [-0.15, -0.1) is 0 Å². The third kappa shape index (κ3) is 2.08. The summed E-state index contributed by atoms with van der Waals surface area (Å²) in [4.78, 5) is 15.0. The Morgan fingerprint density at radius 1 is 1.35 bits per heavy atom. The standard InChI is InChI=1S/C14H20N6/c1-14(16-2)5-3-4-10-11(14)18-13(15)19-12(10)20-8-6-17-7-9-20/h17H,3-9H2,1H3,(H2,15,18,19). The van der Waals surface area contributed by atoms with Gasteiger partial charge in [-0.1, -0.05) is 0 Å². The molecule has 0 saturated carbocycles.